The van der Waals surface area contributed by atoms with Crippen LogP contribution in [-0.4, -0.2) is 22.9 Å². The molecule has 0 saturated carbocycles. The summed E-state index contributed by atoms with van der Waals surface area (Å²) in [5.41, 5.74) is 0.535. The molecule has 0 aromatic carbocycles. The summed E-state index contributed by atoms with van der Waals surface area (Å²) in [6.07, 6.45) is 1.75. The van der Waals surface area contributed by atoms with Crippen molar-refractivity contribution in [2.45, 2.75) is 26.3 Å². The van der Waals surface area contributed by atoms with Crippen molar-refractivity contribution in [3.8, 4) is 0 Å². The van der Waals surface area contributed by atoms with Crippen LogP contribution < -0.4 is 0 Å². The lowest BCUT2D eigenvalue weighted by Crippen LogP contribution is -2.45. The molecule has 1 aromatic rings. The van der Waals surface area contributed by atoms with E-state index in [1.807, 2.05) is 37.1 Å². The van der Waals surface area contributed by atoms with Crippen molar-refractivity contribution < 1.29 is 4.79 Å². The Morgan fingerprint density at radius 1 is 1.62 bits per heavy atom. The van der Waals surface area contributed by atoms with Crippen molar-refractivity contribution in [2.75, 3.05) is 6.54 Å². The molecule has 0 fully saturated rings. The molecule has 0 bridgehead atoms. The normalized spacial score (nSPS) is 11.2. The Morgan fingerprint density at radius 3 is 2.62 bits per heavy atom. The molecule has 0 atom stereocenters. The van der Waals surface area contributed by atoms with Crippen LogP contribution >= 0.6 is 27.3 Å². The number of halogens is 1. The molecule has 1 heterocycles. The summed E-state index contributed by atoms with van der Waals surface area (Å²) >= 11 is 4.89. The molecule has 0 spiro atoms. The first-order valence-electron chi connectivity index (χ1n) is 5.03. The van der Waals surface area contributed by atoms with Gasteiger partial charge in [-0.05, 0) is 42.8 Å². The molecular formula is C12H16BrNOS. The molecule has 0 saturated heterocycles. The third-order valence-electron chi connectivity index (χ3n) is 2.18. The van der Waals surface area contributed by atoms with Gasteiger partial charge in [0.1, 0.15) is 0 Å². The van der Waals surface area contributed by atoms with Crippen molar-refractivity contribution in [1.82, 2.24) is 4.90 Å². The molecule has 0 N–H and O–H groups in total. The fraction of sp³-hybridized carbons (Fsp3) is 0.417. The van der Waals surface area contributed by atoms with E-state index in [0.717, 1.165) is 9.35 Å². The van der Waals surface area contributed by atoms with E-state index in [4.69, 9.17) is 0 Å². The molecule has 1 aromatic heterocycles. The predicted molar refractivity (Wildman–Crippen MR) is 73.0 cm³/mol. The zero-order chi connectivity index (χ0) is 12.3. The Balaban J connectivity index is 2.96. The Morgan fingerprint density at radius 2 is 2.25 bits per heavy atom. The number of amides is 1. The van der Waals surface area contributed by atoms with Crippen molar-refractivity contribution >= 4 is 33.2 Å². The summed E-state index contributed by atoms with van der Waals surface area (Å²) in [5, 5.41) is 1.87. The number of carbonyl (C=O) groups is 1. The second kappa shape index (κ2) is 5.15. The van der Waals surface area contributed by atoms with E-state index in [1.165, 1.54) is 11.3 Å². The maximum Gasteiger partial charge on any atom is 0.255 e. The van der Waals surface area contributed by atoms with Crippen molar-refractivity contribution in [3.63, 3.8) is 0 Å². The molecule has 88 valence electrons. The Bertz CT molecular complexity index is 392. The summed E-state index contributed by atoms with van der Waals surface area (Å²) in [6, 6.07) is 1.86. The van der Waals surface area contributed by atoms with Crippen LogP contribution in [0.4, 0.5) is 0 Å². The van der Waals surface area contributed by atoms with Crippen molar-refractivity contribution in [2.24, 2.45) is 0 Å². The monoisotopic (exact) mass is 301 g/mol. The number of thiophene rings is 1. The van der Waals surface area contributed by atoms with Crippen LogP contribution in [0, 0.1) is 0 Å². The second-order valence-corrected chi connectivity index (χ2v) is 6.81. The molecule has 1 amide bonds. The van der Waals surface area contributed by atoms with Gasteiger partial charge >= 0.3 is 0 Å². The highest BCUT2D eigenvalue weighted by Crippen LogP contribution is 2.24. The molecule has 0 aliphatic carbocycles. The quantitative estimate of drug-likeness (QED) is 0.775. The van der Waals surface area contributed by atoms with Gasteiger partial charge in [0.25, 0.3) is 5.91 Å². The van der Waals surface area contributed by atoms with E-state index in [2.05, 4.69) is 22.5 Å². The zero-order valence-electron chi connectivity index (χ0n) is 9.79. The number of carbonyl (C=O) groups excluding carboxylic acids is 1. The average molecular weight is 302 g/mol. The zero-order valence-corrected chi connectivity index (χ0v) is 12.2. The van der Waals surface area contributed by atoms with Crippen LogP contribution in [0.3, 0.4) is 0 Å². The third kappa shape index (κ3) is 3.19. The summed E-state index contributed by atoms with van der Waals surface area (Å²) < 4.78 is 0.975. The first kappa shape index (κ1) is 13.5. The first-order chi connectivity index (χ1) is 7.36. The first-order valence-corrected chi connectivity index (χ1v) is 6.70. The highest BCUT2D eigenvalue weighted by atomic mass is 79.9. The molecule has 0 aliphatic rings. The van der Waals surface area contributed by atoms with Crippen LogP contribution in [0.1, 0.15) is 31.1 Å². The maximum absolute atomic E-state index is 12.3. The number of hydrogen-bond donors (Lipinski definition) is 0. The van der Waals surface area contributed by atoms with Gasteiger partial charge in [-0.3, -0.25) is 4.79 Å². The van der Waals surface area contributed by atoms with Crippen LogP contribution in [0.5, 0.6) is 0 Å². The van der Waals surface area contributed by atoms with Crippen LogP contribution in [0.25, 0.3) is 0 Å². The summed E-state index contributed by atoms with van der Waals surface area (Å²) in [4.78, 5) is 14.1. The maximum atomic E-state index is 12.3. The summed E-state index contributed by atoms with van der Waals surface area (Å²) in [6.45, 7) is 10.3. The van der Waals surface area contributed by atoms with Gasteiger partial charge in [-0.25, -0.2) is 0 Å². The Labute approximate surface area is 109 Å². The average Bonchev–Trinajstić information content (AvgIpc) is 2.58. The van der Waals surface area contributed by atoms with Gasteiger partial charge in [0.2, 0.25) is 0 Å². The van der Waals surface area contributed by atoms with E-state index in [-0.39, 0.29) is 11.4 Å². The lowest BCUT2D eigenvalue weighted by molar-refractivity contribution is 0.0617. The van der Waals surface area contributed by atoms with Crippen molar-refractivity contribution in [1.29, 1.82) is 0 Å². The van der Waals surface area contributed by atoms with Gasteiger partial charge in [0, 0.05) is 17.5 Å². The number of rotatable bonds is 3. The van der Waals surface area contributed by atoms with Gasteiger partial charge in [0.15, 0.2) is 0 Å². The lowest BCUT2D eigenvalue weighted by atomic mass is 10.0. The van der Waals surface area contributed by atoms with E-state index in [1.54, 1.807) is 6.08 Å². The number of hydrogen-bond acceptors (Lipinski definition) is 2. The van der Waals surface area contributed by atoms with Gasteiger partial charge in [-0.1, -0.05) is 6.08 Å². The molecule has 4 heteroatoms. The van der Waals surface area contributed by atoms with Gasteiger partial charge < -0.3 is 4.90 Å². The molecular weight excluding hydrogens is 286 g/mol. The standard InChI is InChI=1S/C12H16BrNOS/c1-5-6-14(12(2,3)4)11(15)9-7-10(13)16-8-9/h5,7-8H,1,6H2,2-4H3. The van der Waals surface area contributed by atoms with Crippen molar-refractivity contribution in [3.05, 3.63) is 33.5 Å². The Hall–Kier alpha value is -0.610. The van der Waals surface area contributed by atoms with Gasteiger partial charge in [0.05, 0.1) is 9.35 Å². The SMILES string of the molecule is C=CCN(C(=O)c1csc(Br)c1)C(C)(C)C. The molecule has 0 aliphatic heterocycles. The van der Waals surface area contributed by atoms with E-state index < -0.39 is 0 Å². The van der Waals surface area contributed by atoms with Crippen LogP contribution in [-0.2, 0) is 0 Å². The highest BCUT2D eigenvalue weighted by molar-refractivity contribution is 9.11. The van der Waals surface area contributed by atoms with Gasteiger partial charge in [-0.15, -0.1) is 17.9 Å². The molecule has 16 heavy (non-hydrogen) atoms. The molecule has 0 unspecified atom stereocenters. The van der Waals surface area contributed by atoms with Crippen LogP contribution in [0.2, 0.25) is 0 Å². The van der Waals surface area contributed by atoms with E-state index in [9.17, 15) is 4.79 Å². The largest absolute Gasteiger partial charge is 0.330 e. The minimum Gasteiger partial charge on any atom is -0.330 e. The Kier molecular flexibility index (Phi) is 4.33. The lowest BCUT2D eigenvalue weighted by Gasteiger charge is -2.34. The fourth-order valence-electron chi connectivity index (χ4n) is 1.37. The van der Waals surface area contributed by atoms with Crippen LogP contribution in [0.15, 0.2) is 27.9 Å². The smallest absolute Gasteiger partial charge is 0.255 e. The second-order valence-electron chi connectivity index (χ2n) is 4.51. The fourth-order valence-corrected chi connectivity index (χ4v) is 2.50. The molecule has 1 rings (SSSR count). The van der Waals surface area contributed by atoms with E-state index >= 15 is 0 Å². The summed E-state index contributed by atoms with van der Waals surface area (Å²) in [5.74, 6) is 0.0503. The minimum absolute atomic E-state index is 0.0503. The predicted octanol–water partition coefficient (Wildman–Crippen LogP) is 3.94. The van der Waals surface area contributed by atoms with E-state index in [0.29, 0.717) is 6.54 Å². The highest BCUT2D eigenvalue weighted by Gasteiger charge is 2.26. The molecule has 2 nitrogen and oxygen atoms in total. The third-order valence-corrected chi connectivity index (χ3v) is 3.69. The summed E-state index contributed by atoms with van der Waals surface area (Å²) in [7, 11) is 0. The molecule has 0 radical (unpaired) electrons. The van der Waals surface area contributed by atoms with Gasteiger partial charge in [-0.2, -0.15) is 0 Å². The number of nitrogens with zero attached hydrogens (tertiary/aromatic N) is 1. The minimum atomic E-state index is -0.195. The topological polar surface area (TPSA) is 20.3 Å².